The van der Waals surface area contributed by atoms with Crippen LogP contribution >= 0.6 is 0 Å². The zero-order valence-corrected chi connectivity index (χ0v) is 11.1. The molecule has 0 aromatic heterocycles. The minimum absolute atomic E-state index is 0.330. The maximum absolute atomic E-state index is 12.0. The summed E-state index contributed by atoms with van der Waals surface area (Å²) >= 11 is 0. The van der Waals surface area contributed by atoms with Gasteiger partial charge in [0.1, 0.15) is 5.75 Å². The largest absolute Gasteiger partial charge is 0.573 e. The van der Waals surface area contributed by atoms with Gasteiger partial charge in [-0.05, 0) is 43.3 Å². The zero-order valence-electron chi connectivity index (χ0n) is 11.1. The number of alkyl halides is 3. The first kappa shape index (κ1) is 14.9. The van der Waals surface area contributed by atoms with Gasteiger partial charge in [-0.15, -0.1) is 13.2 Å². The van der Waals surface area contributed by atoms with Crippen molar-refractivity contribution in [2.75, 3.05) is 5.32 Å². The molecule has 0 fully saturated rings. The number of rotatable bonds is 3. The second-order valence-corrected chi connectivity index (χ2v) is 4.40. The first-order valence-corrected chi connectivity index (χ1v) is 6.07. The molecule has 0 spiro atoms. The summed E-state index contributed by atoms with van der Waals surface area (Å²) in [4.78, 5) is 12.0. The highest BCUT2D eigenvalue weighted by atomic mass is 19.4. The third-order valence-corrected chi connectivity index (χ3v) is 2.63. The van der Waals surface area contributed by atoms with Crippen LogP contribution in [0.4, 0.5) is 18.9 Å². The molecule has 0 saturated carbocycles. The summed E-state index contributed by atoms with van der Waals surface area (Å²) in [6.45, 7) is 1.86. The Hall–Kier alpha value is -2.50. The Balaban J connectivity index is 2.05. The number of hydrogen-bond donors (Lipinski definition) is 1. The number of halogens is 3. The third kappa shape index (κ3) is 4.52. The molecule has 0 radical (unpaired) electrons. The standard InChI is InChI=1S/C15H12F3NO2/c1-10-3-2-4-11(9-10)14(20)19-12-5-7-13(8-6-12)21-15(16,17)18/h2-9H,1H3,(H,19,20). The minimum Gasteiger partial charge on any atom is -0.406 e. The van der Waals surface area contributed by atoms with E-state index >= 15 is 0 Å². The van der Waals surface area contributed by atoms with Crippen molar-refractivity contribution in [3.8, 4) is 5.75 Å². The Morgan fingerprint density at radius 1 is 1.10 bits per heavy atom. The van der Waals surface area contributed by atoms with Crippen LogP contribution in [-0.4, -0.2) is 12.3 Å². The Labute approximate surface area is 119 Å². The molecule has 110 valence electrons. The quantitative estimate of drug-likeness (QED) is 0.924. The van der Waals surface area contributed by atoms with Crippen LogP contribution in [0.25, 0.3) is 0 Å². The maximum Gasteiger partial charge on any atom is 0.573 e. The summed E-state index contributed by atoms with van der Waals surface area (Å²) in [6.07, 6.45) is -4.73. The molecule has 1 amide bonds. The molecule has 0 aliphatic heterocycles. The first-order valence-electron chi connectivity index (χ1n) is 6.07. The van der Waals surface area contributed by atoms with Gasteiger partial charge in [0.15, 0.2) is 0 Å². The van der Waals surface area contributed by atoms with Crippen molar-refractivity contribution in [1.29, 1.82) is 0 Å². The van der Waals surface area contributed by atoms with E-state index < -0.39 is 6.36 Å². The lowest BCUT2D eigenvalue weighted by molar-refractivity contribution is -0.274. The molecule has 0 atom stereocenters. The average Bonchev–Trinajstić information content (AvgIpc) is 2.39. The molecular weight excluding hydrogens is 283 g/mol. The van der Waals surface area contributed by atoms with Crippen LogP contribution in [0.3, 0.4) is 0 Å². The van der Waals surface area contributed by atoms with E-state index in [2.05, 4.69) is 10.1 Å². The lowest BCUT2D eigenvalue weighted by atomic mass is 10.1. The number of carbonyl (C=O) groups excluding carboxylic acids is 1. The van der Waals surface area contributed by atoms with Crippen molar-refractivity contribution in [2.45, 2.75) is 13.3 Å². The van der Waals surface area contributed by atoms with Gasteiger partial charge in [-0.1, -0.05) is 17.7 Å². The fraction of sp³-hybridized carbons (Fsp3) is 0.133. The van der Waals surface area contributed by atoms with E-state index in [9.17, 15) is 18.0 Å². The van der Waals surface area contributed by atoms with E-state index in [0.29, 0.717) is 11.3 Å². The molecule has 0 bridgehead atoms. The van der Waals surface area contributed by atoms with E-state index in [1.54, 1.807) is 18.2 Å². The van der Waals surface area contributed by atoms with E-state index in [-0.39, 0.29) is 11.7 Å². The van der Waals surface area contributed by atoms with Crippen molar-refractivity contribution in [1.82, 2.24) is 0 Å². The second kappa shape index (κ2) is 5.87. The van der Waals surface area contributed by atoms with Gasteiger partial charge in [0, 0.05) is 11.3 Å². The fourth-order valence-corrected chi connectivity index (χ4v) is 1.73. The van der Waals surface area contributed by atoms with Gasteiger partial charge in [-0.2, -0.15) is 0 Å². The van der Waals surface area contributed by atoms with Crippen molar-refractivity contribution in [3.63, 3.8) is 0 Å². The van der Waals surface area contributed by atoms with Crippen molar-refractivity contribution in [3.05, 3.63) is 59.7 Å². The summed E-state index contributed by atoms with van der Waals surface area (Å²) in [6, 6.07) is 12.0. The highest BCUT2D eigenvalue weighted by Crippen LogP contribution is 2.24. The Morgan fingerprint density at radius 3 is 2.33 bits per heavy atom. The zero-order chi connectivity index (χ0) is 15.5. The molecule has 0 aliphatic rings. The van der Waals surface area contributed by atoms with Crippen molar-refractivity contribution in [2.24, 2.45) is 0 Å². The summed E-state index contributed by atoms with van der Waals surface area (Å²) < 4.78 is 39.8. The summed E-state index contributed by atoms with van der Waals surface area (Å²) in [5.41, 5.74) is 1.80. The molecule has 2 aromatic carbocycles. The third-order valence-electron chi connectivity index (χ3n) is 2.63. The van der Waals surface area contributed by atoms with Crippen LogP contribution in [-0.2, 0) is 0 Å². The highest BCUT2D eigenvalue weighted by Gasteiger charge is 2.30. The van der Waals surface area contributed by atoms with Gasteiger partial charge >= 0.3 is 6.36 Å². The SMILES string of the molecule is Cc1cccc(C(=O)Nc2ccc(OC(F)(F)F)cc2)c1. The van der Waals surface area contributed by atoms with E-state index in [1.807, 2.05) is 13.0 Å². The molecule has 0 saturated heterocycles. The highest BCUT2D eigenvalue weighted by molar-refractivity contribution is 6.04. The van der Waals surface area contributed by atoms with Crippen molar-refractivity contribution < 1.29 is 22.7 Å². The van der Waals surface area contributed by atoms with Crippen LogP contribution in [0.1, 0.15) is 15.9 Å². The number of carbonyl (C=O) groups is 1. The van der Waals surface area contributed by atoms with Crippen LogP contribution in [0.2, 0.25) is 0 Å². The Morgan fingerprint density at radius 2 is 1.76 bits per heavy atom. The maximum atomic E-state index is 12.0. The normalized spacial score (nSPS) is 11.0. The van der Waals surface area contributed by atoms with Gasteiger partial charge in [0.25, 0.3) is 5.91 Å². The topological polar surface area (TPSA) is 38.3 Å². The predicted octanol–water partition coefficient (Wildman–Crippen LogP) is 4.15. The summed E-state index contributed by atoms with van der Waals surface area (Å²) in [5, 5.41) is 2.60. The lowest BCUT2D eigenvalue weighted by Gasteiger charge is -2.10. The molecule has 6 heteroatoms. The Bertz CT molecular complexity index is 636. The van der Waals surface area contributed by atoms with Gasteiger partial charge in [-0.3, -0.25) is 4.79 Å². The van der Waals surface area contributed by atoms with Crippen LogP contribution in [0.15, 0.2) is 48.5 Å². The number of aryl methyl sites for hydroxylation is 1. The van der Waals surface area contributed by atoms with Crippen LogP contribution in [0.5, 0.6) is 5.75 Å². The molecule has 0 unspecified atom stereocenters. The molecule has 2 aromatic rings. The van der Waals surface area contributed by atoms with E-state index in [4.69, 9.17) is 0 Å². The molecule has 0 aliphatic carbocycles. The number of benzene rings is 2. The van der Waals surface area contributed by atoms with Gasteiger partial charge in [0.05, 0.1) is 0 Å². The van der Waals surface area contributed by atoms with Crippen LogP contribution in [0, 0.1) is 6.92 Å². The molecule has 3 nitrogen and oxygen atoms in total. The van der Waals surface area contributed by atoms with E-state index in [0.717, 1.165) is 17.7 Å². The monoisotopic (exact) mass is 295 g/mol. The Kier molecular flexibility index (Phi) is 4.16. The molecule has 1 N–H and O–H groups in total. The summed E-state index contributed by atoms with van der Waals surface area (Å²) in [5.74, 6) is -0.667. The van der Waals surface area contributed by atoms with Gasteiger partial charge in [-0.25, -0.2) is 0 Å². The second-order valence-electron chi connectivity index (χ2n) is 4.40. The number of nitrogens with one attached hydrogen (secondary N) is 1. The predicted molar refractivity (Wildman–Crippen MR) is 72.3 cm³/mol. The number of anilines is 1. The van der Waals surface area contributed by atoms with Crippen molar-refractivity contribution >= 4 is 11.6 Å². The van der Waals surface area contributed by atoms with Gasteiger partial charge < -0.3 is 10.1 Å². The molecule has 2 rings (SSSR count). The van der Waals surface area contributed by atoms with E-state index in [1.165, 1.54) is 12.1 Å². The molecular formula is C15H12F3NO2. The number of hydrogen-bond acceptors (Lipinski definition) is 2. The number of amides is 1. The lowest BCUT2D eigenvalue weighted by Crippen LogP contribution is -2.17. The molecule has 0 heterocycles. The van der Waals surface area contributed by atoms with Gasteiger partial charge in [0.2, 0.25) is 0 Å². The summed E-state index contributed by atoms with van der Waals surface area (Å²) in [7, 11) is 0. The first-order chi connectivity index (χ1) is 9.83. The number of ether oxygens (including phenoxy) is 1. The molecule has 21 heavy (non-hydrogen) atoms. The smallest absolute Gasteiger partial charge is 0.406 e. The van der Waals surface area contributed by atoms with Crippen LogP contribution < -0.4 is 10.1 Å². The average molecular weight is 295 g/mol. The minimum atomic E-state index is -4.73. The fourth-order valence-electron chi connectivity index (χ4n) is 1.73.